The first-order valence-corrected chi connectivity index (χ1v) is 13.7. The minimum Gasteiger partial charge on any atom is -0.508 e. The number of amides is 1. The SMILES string of the molecule is CC1CN([C@H](c2cccc(O)c2)c2cccc(C(=O)N3CCC(C(=O)O)CC3)c2)[C@H](C)CN1CC1CC1. The second-order valence-electron chi connectivity index (χ2n) is 11.3. The highest BCUT2D eigenvalue weighted by atomic mass is 16.4. The smallest absolute Gasteiger partial charge is 0.306 e. The van der Waals surface area contributed by atoms with Gasteiger partial charge in [-0.05, 0) is 80.8 Å². The van der Waals surface area contributed by atoms with Crippen molar-refractivity contribution in [2.24, 2.45) is 11.8 Å². The van der Waals surface area contributed by atoms with Gasteiger partial charge in [0.05, 0.1) is 12.0 Å². The molecule has 2 aliphatic heterocycles. The molecule has 0 spiro atoms. The zero-order chi connectivity index (χ0) is 26.1. The summed E-state index contributed by atoms with van der Waals surface area (Å²) in [5.41, 5.74) is 2.68. The number of aliphatic carboxylic acids is 1. The monoisotopic (exact) mass is 505 g/mol. The quantitative estimate of drug-likeness (QED) is 0.586. The van der Waals surface area contributed by atoms with Crippen LogP contribution in [0.4, 0.5) is 0 Å². The Kier molecular flexibility index (Phi) is 7.54. The number of benzene rings is 2. The summed E-state index contributed by atoms with van der Waals surface area (Å²) in [5, 5.41) is 19.6. The minimum absolute atomic E-state index is 0.0454. The van der Waals surface area contributed by atoms with Crippen LogP contribution in [0, 0.1) is 11.8 Å². The van der Waals surface area contributed by atoms with E-state index in [2.05, 4.69) is 35.8 Å². The van der Waals surface area contributed by atoms with E-state index in [-0.39, 0.29) is 23.6 Å². The van der Waals surface area contributed by atoms with Gasteiger partial charge in [0, 0.05) is 50.4 Å². The summed E-state index contributed by atoms with van der Waals surface area (Å²) in [4.78, 5) is 31.7. The van der Waals surface area contributed by atoms with Crippen LogP contribution in [0.1, 0.15) is 67.1 Å². The van der Waals surface area contributed by atoms with E-state index in [1.807, 2.05) is 30.3 Å². The summed E-state index contributed by atoms with van der Waals surface area (Å²) in [5.74, 6) is -0.0948. The van der Waals surface area contributed by atoms with Crippen LogP contribution < -0.4 is 0 Å². The molecule has 1 unspecified atom stereocenters. The van der Waals surface area contributed by atoms with Crippen molar-refractivity contribution in [3.63, 3.8) is 0 Å². The highest BCUT2D eigenvalue weighted by Gasteiger charge is 2.37. The Balaban J connectivity index is 1.41. The van der Waals surface area contributed by atoms with Crippen molar-refractivity contribution in [3.05, 3.63) is 65.2 Å². The van der Waals surface area contributed by atoms with Gasteiger partial charge in [-0.25, -0.2) is 0 Å². The number of likely N-dealkylation sites (tertiary alicyclic amines) is 1. The number of hydrogen-bond donors (Lipinski definition) is 2. The lowest BCUT2D eigenvalue weighted by atomic mass is 9.92. The van der Waals surface area contributed by atoms with Gasteiger partial charge in [-0.2, -0.15) is 0 Å². The number of phenols is 1. The number of piperidine rings is 1. The van der Waals surface area contributed by atoms with Crippen LogP contribution in [0.5, 0.6) is 5.75 Å². The fourth-order valence-electron chi connectivity index (χ4n) is 6.10. The number of piperazine rings is 1. The second kappa shape index (κ2) is 10.8. The second-order valence-corrected chi connectivity index (χ2v) is 11.3. The molecule has 1 amide bonds. The molecular weight excluding hydrogens is 466 g/mol. The molecule has 3 aliphatic rings. The van der Waals surface area contributed by atoms with Crippen LogP contribution in [0.3, 0.4) is 0 Å². The lowest BCUT2D eigenvalue weighted by Crippen LogP contribution is -2.57. The van der Waals surface area contributed by atoms with Crippen molar-refractivity contribution in [2.75, 3.05) is 32.7 Å². The molecule has 0 aromatic heterocycles. The molecule has 5 rings (SSSR count). The largest absolute Gasteiger partial charge is 0.508 e. The van der Waals surface area contributed by atoms with Crippen molar-refractivity contribution in [1.82, 2.24) is 14.7 Å². The summed E-state index contributed by atoms with van der Waals surface area (Å²) >= 11 is 0. The van der Waals surface area contributed by atoms with Gasteiger partial charge >= 0.3 is 5.97 Å². The van der Waals surface area contributed by atoms with Crippen LogP contribution in [0.2, 0.25) is 0 Å². The molecule has 7 heteroatoms. The predicted molar refractivity (Wildman–Crippen MR) is 143 cm³/mol. The number of rotatable bonds is 7. The Labute approximate surface area is 219 Å². The van der Waals surface area contributed by atoms with Crippen LogP contribution in [0.25, 0.3) is 0 Å². The molecule has 2 N–H and O–H groups in total. The third kappa shape index (κ3) is 5.83. The lowest BCUT2D eigenvalue weighted by Gasteiger charge is -2.48. The standard InChI is InChI=1S/C30H39N3O4/c1-20-18-33(21(2)17-32(20)19-22-9-10-22)28(25-6-4-8-27(34)16-25)24-5-3-7-26(15-24)29(35)31-13-11-23(12-14-31)30(36)37/h3-8,15-16,20-23,28,34H,9-14,17-19H2,1-2H3,(H,36,37)/t20?,21-,28+/m1/s1. The van der Waals surface area contributed by atoms with Gasteiger partial charge in [0.2, 0.25) is 0 Å². The van der Waals surface area contributed by atoms with Crippen molar-refractivity contribution < 1.29 is 19.8 Å². The summed E-state index contributed by atoms with van der Waals surface area (Å²) in [6.07, 6.45) is 3.69. The van der Waals surface area contributed by atoms with Gasteiger partial charge in [0.15, 0.2) is 0 Å². The fraction of sp³-hybridized carbons (Fsp3) is 0.533. The maximum atomic E-state index is 13.4. The van der Waals surface area contributed by atoms with Crippen LogP contribution in [-0.2, 0) is 4.79 Å². The molecule has 0 bridgehead atoms. The van der Waals surface area contributed by atoms with Crippen molar-refractivity contribution in [1.29, 1.82) is 0 Å². The average molecular weight is 506 g/mol. The number of nitrogens with zero attached hydrogens (tertiary/aromatic N) is 3. The highest BCUT2D eigenvalue weighted by Crippen LogP contribution is 2.37. The molecule has 2 aromatic rings. The molecule has 2 heterocycles. The summed E-state index contributed by atoms with van der Waals surface area (Å²) in [6.45, 7) is 8.61. The molecule has 198 valence electrons. The maximum absolute atomic E-state index is 13.4. The molecule has 3 fully saturated rings. The predicted octanol–water partition coefficient (Wildman–Crippen LogP) is 4.22. The normalized spacial score (nSPS) is 24.6. The van der Waals surface area contributed by atoms with E-state index >= 15 is 0 Å². The number of carboxylic acid groups (broad SMARTS) is 1. The van der Waals surface area contributed by atoms with E-state index in [4.69, 9.17) is 0 Å². The zero-order valence-electron chi connectivity index (χ0n) is 21.9. The van der Waals surface area contributed by atoms with E-state index in [1.165, 1.54) is 19.4 Å². The first-order chi connectivity index (χ1) is 17.8. The van der Waals surface area contributed by atoms with E-state index in [0.717, 1.165) is 30.1 Å². The van der Waals surface area contributed by atoms with Gasteiger partial charge in [0.1, 0.15) is 5.75 Å². The third-order valence-electron chi connectivity index (χ3n) is 8.45. The Hall–Kier alpha value is -2.90. The van der Waals surface area contributed by atoms with E-state index in [0.29, 0.717) is 43.6 Å². The van der Waals surface area contributed by atoms with Crippen LogP contribution in [0.15, 0.2) is 48.5 Å². The lowest BCUT2D eigenvalue weighted by molar-refractivity contribution is -0.143. The Bertz CT molecular complexity index is 1130. The van der Waals surface area contributed by atoms with Crippen LogP contribution >= 0.6 is 0 Å². The summed E-state index contributed by atoms with van der Waals surface area (Å²) in [7, 11) is 0. The molecule has 3 atom stereocenters. The Morgan fingerprint density at radius 2 is 1.59 bits per heavy atom. The molecule has 1 saturated carbocycles. The van der Waals surface area contributed by atoms with Gasteiger partial charge in [-0.1, -0.05) is 24.3 Å². The number of carbonyl (C=O) groups is 2. The maximum Gasteiger partial charge on any atom is 0.306 e. The Morgan fingerprint density at radius 1 is 0.919 bits per heavy atom. The van der Waals surface area contributed by atoms with E-state index < -0.39 is 5.97 Å². The van der Waals surface area contributed by atoms with E-state index in [9.17, 15) is 19.8 Å². The molecule has 0 radical (unpaired) electrons. The van der Waals surface area contributed by atoms with Gasteiger partial charge in [-0.3, -0.25) is 19.4 Å². The van der Waals surface area contributed by atoms with Gasteiger partial charge in [-0.15, -0.1) is 0 Å². The van der Waals surface area contributed by atoms with Gasteiger partial charge in [0.25, 0.3) is 5.91 Å². The number of phenolic OH excluding ortho intramolecular Hbond substituents is 1. The number of aromatic hydroxyl groups is 1. The fourth-order valence-corrected chi connectivity index (χ4v) is 6.10. The first kappa shape index (κ1) is 25.7. The van der Waals surface area contributed by atoms with Gasteiger partial charge < -0.3 is 15.1 Å². The molecule has 37 heavy (non-hydrogen) atoms. The number of carbonyl (C=O) groups excluding carboxylic acids is 1. The molecule has 7 nitrogen and oxygen atoms in total. The van der Waals surface area contributed by atoms with Crippen molar-refractivity contribution in [3.8, 4) is 5.75 Å². The van der Waals surface area contributed by atoms with E-state index in [1.54, 1.807) is 11.0 Å². The molecule has 1 aliphatic carbocycles. The average Bonchev–Trinajstić information content (AvgIpc) is 3.71. The summed E-state index contributed by atoms with van der Waals surface area (Å²) in [6, 6.07) is 16.0. The minimum atomic E-state index is -0.774. The van der Waals surface area contributed by atoms with Crippen LogP contribution in [-0.4, -0.2) is 81.6 Å². The van der Waals surface area contributed by atoms with Crippen molar-refractivity contribution in [2.45, 2.75) is 57.7 Å². The summed E-state index contributed by atoms with van der Waals surface area (Å²) < 4.78 is 0. The Morgan fingerprint density at radius 3 is 2.24 bits per heavy atom. The van der Waals surface area contributed by atoms with Crippen molar-refractivity contribution >= 4 is 11.9 Å². The topological polar surface area (TPSA) is 84.3 Å². The highest BCUT2D eigenvalue weighted by molar-refractivity contribution is 5.94. The third-order valence-corrected chi connectivity index (χ3v) is 8.45. The zero-order valence-corrected chi connectivity index (χ0v) is 21.9. The molecule has 2 aromatic carbocycles. The molecular formula is C30H39N3O4. The molecule has 2 saturated heterocycles. The number of carboxylic acids is 1. The first-order valence-electron chi connectivity index (χ1n) is 13.7. The number of hydrogen-bond acceptors (Lipinski definition) is 5.